The third-order valence-electron chi connectivity index (χ3n) is 3.92. The number of aryl methyl sites for hydroxylation is 2. The van der Waals surface area contributed by atoms with Crippen molar-refractivity contribution in [2.75, 3.05) is 11.4 Å². The summed E-state index contributed by atoms with van der Waals surface area (Å²) in [7, 11) is 0. The van der Waals surface area contributed by atoms with E-state index in [-0.39, 0.29) is 11.8 Å². The molecule has 0 aliphatic carbocycles. The first-order valence-corrected chi connectivity index (χ1v) is 8.05. The maximum Gasteiger partial charge on any atom is 0.279 e. The summed E-state index contributed by atoms with van der Waals surface area (Å²) in [5.41, 5.74) is 1.55. The van der Waals surface area contributed by atoms with Gasteiger partial charge in [0.2, 0.25) is 0 Å². The van der Waals surface area contributed by atoms with Gasteiger partial charge in [0.05, 0.1) is 6.20 Å². The minimum Gasteiger partial charge on any atom is -0.291 e. The molecule has 1 aliphatic rings. The Morgan fingerprint density at radius 2 is 2.22 bits per heavy atom. The van der Waals surface area contributed by atoms with Crippen LogP contribution in [0.5, 0.6) is 0 Å². The normalized spacial score (nSPS) is 13.9. The summed E-state index contributed by atoms with van der Waals surface area (Å²) in [6, 6.07) is 4.73. The quantitative estimate of drug-likeness (QED) is 0.871. The van der Waals surface area contributed by atoms with Gasteiger partial charge in [0.1, 0.15) is 11.6 Å². The van der Waals surface area contributed by atoms with Gasteiger partial charge in [-0.25, -0.2) is 9.37 Å². The average Bonchev–Trinajstić information content (AvgIpc) is 2.97. The summed E-state index contributed by atoms with van der Waals surface area (Å²) in [5.74, 6) is 0.127. The molecule has 1 amide bonds. The topological polar surface area (TPSA) is 51.0 Å². The second-order valence-corrected chi connectivity index (χ2v) is 6.35. The number of hydrogen-bond acceptors (Lipinski definition) is 3. The Bertz CT molecular complexity index is 670. The number of hydrogen-bond donors (Lipinski definition) is 0. The number of amides is 1. The number of rotatable bonds is 4. The van der Waals surface area contributed by atoms with Crippen molar-refractivity contribution in [2.24, 2.45) is 5.92 Å². The molecule has 0 bridgehead atoms. The number of aromatic nitrogens is 3. The zero-order valence-electron chi connectivity index (χ0n) is 13.5. The Hall–Kier alpha value is -2.24. The summed E-state index contributed by atoms with van der Waals surface area (Å²) < 4.78 is 15.0. The van der Waals surface area contributed by atoms with Gasteiger partial charge in [-0.1, -0.05) is 13.8 Å². The summed E-state index contributed by atoms with van der Waals surface area (Å²) in [6.45, 7) is 5.44. The third kappa shape index (κ3) is 3.41. The van der Waals surface area contributed by atoms with E-state index in [1.54, 1.807) is 4.90 Å². The highest BCUT2D eigenvalue weighted by atomic mass is 19.1. The lowest BCUT2D eigenvalue weighted by Gasteiger charge is -2.22. The van der Waals surface area contributed by atoms with E-state index in [2.05, 4.69) is 10.1 Å². The van der Waals surface area contributed by atoms with Crippen molar-refractivity contribution in [3.8, 4) is 0 Å². The molecule has 3 heterocycles. The first-order valence-electron chi connectivity index (χ1n) is 8.05. The lowest BCUT2D eigenvalue weighted by Crippen LogP contribution is -2.35. The van der Waals surface area contributed by atoms with Crippen LogP contribution in [0.1, 0.15) is 42.9 Å². The molecule has 1 aliphatic heterocycles. The molecule has 23 heavy (non-hydrogen) atoms. The minimum absolute atomic E-state index is 0.181. The molecule has 0 saturated carbocycles. The Labute approximate surface area is 135 Å². The second-order valence-electron chi connectivity index (χ2n) is 6.35. The molecule has 3 rings (SSSR count). The fraction of sp³-hybridized carbons (Fsp3) is 0.471. The molecular weight excluding hydrogens is 295 g/mol. The van der Waals surface area contributed by atoms with Crippen LogP contribution in [0, 0.1) is 11.7 Å². The third-order valence-corrected chi connectivity index (χ3v) is 3.92. The van der Waals surface area contributed by atoms with Crippen molar-refractivity contribution in [2.45, 2.75) is 39.7 Å². The first kappa shape index (κ1) is 15.6. The highest BCUT2D eigenvalue weighted by Gasteiger charge is 2.24. The standard InChI is InChI=1S/C17H21FN4O/c1-12(2)11-21(16-7-6-13(18)10-19-16)17(23)15-9-14-5-3-4-8-22(14)20-15/h6-7,9-10,12H,3-5,8,11H2,1-2H3. The van der Waals surface area contributed by atoms with Crippen molar-refractivity contribution < 1.29 is 9.18 Å². The molecule has 0 atom stereocenters. The monoisotopic (exact) mass is 316 g/mol. The van der Waals surface area contributed by atoms with E-state index >= 15 is 0 Å². The van der Waals surface area contributed by atoms with E-state index in [0.717, 1.165) is 37.7 Å². The number of fused-ring (bicyclic) bond motifs is 1. The average molecular weight is 316 g/mol. The van der Waals surface area contributed by atoms with Crippen LogP contribution < -0.4 is 4.90 Å². The molecular formula is C17H21FN4O. The van der Waals surface area contributed by atoms with E-state index in [4.69, 9.17) is 0 Å². The van der Waals surface area contributed by atoms with Crippen molar-refractivity contribution >= 4 is 11.7 Å². The molecule has 5 nitrogen and oxygen atoms in total. The van der Waals surface area contributed by atoms with E-state index in [9.17, 15) is 9.18 Å². The van der Waals surface area contributed by atoms with Gasteiger partial charge >= 0.3 is 0 Å². The fourth-order valence-electron chi connectivity index (χ4n) is 2.83. The van der Waals surface area contributed by atoms with Crippen LogP contribution in [0.25, 0.3) is 0 Å². The maximum absolute atomic E-state index is 13.1. The molecule has 0 radical (unpaired) electrons. The van der Waals surface area contributed by atoms with Crippen LogP contribution in [0.15, 0.2) is 24.4 Å². The molecule has 2 aromatic rings. The van der Waals surface area contributed by atoms with Crippen molar-refractivity contribution in [3.05, 3.63) is 41.6 Å². The largest absolute Gasteiger partial charge is 0.291 e. The van der Waals surface area contributed by atoms with Gasteiger partial charge < -0.3 is 0 Å². The number of nitrogens with zero attached hydrogens (tertiary/aromatic N) is 4. The minimum atomic E-state index is -0.414. The van der Waals surface area contributed by atoms with Crippen LogP contribution in [0.2, 0.25) is 0 Å². The second kappa shape index (κ2) is 6.48. The van der Waals surface area contributed by atoms with E-state index in [0.29, 0.717) is 18.1 Å². The van der Waals surface area contributed by atoms with Gasteiger partial charge in [-0.05, 0) is 43.4 Å². The molecule has 0 saturated heterocycles. The van der Waals surface area contributed by atoms with Gasteiger partial charge in [-0.2, -0.15) is 5.10 Å². The SMILES string of the molecule is CC(C)CN(C(=O)c1cc2n(n1)CCCC2)c1ccc(F)cn1. The molecule has 2 aromatic heterocycles. The van der Waals surface area contributed by atoms with Gasteiger partial charge in [0.15, 0.2) is 5.69 Å². The molecule has 0 N–H and O–H groups in total. The zero-order chi connectivity index (χ0) is 16.4. The summed E-state index contributed by atoms with van der Waals surface area (Å²) >= 11 is 0. The Morgan fingerprint density at radius 1 is 1.39 bits per heavy atom. The number of pyridine rings is 1. The van der Waals surface area contributed by atoms with Crippen LogP contribution in [0.4, 0.5) is 10.2 Å². The summed E-state index contributed by atoms with van der Waals surface area (Å²) in [5, 5.41) is 4.45. The lowest BCUT2D eigenvalue weighted by molar-refractivity contribution is 0.0977. The highest BCUT2D eigenvalue weighted by Crippen LogP contribution is 2.20. The molecule has 122 valence electrons. The Balaban J connectivity index is 1.90. The number of carbonyl (C=O) groups excluding carboxylic acids is 1. The molecule has 0 aromatic carbocycles. The predicted molar refractivity (Wildman–Crippen MR) is 85.9 cm³/mol. The Morgan fingerprint density at radius 3 is 2.87 bits per heavy atom. The number of halogens is 1. The summed E-state index contributed by atoms with van der Waals surface area (Å²) in [4.78, 5) is 18.5. The van der Waals surface area contributed by atoms with E-state index < -0.39 is 5.82 Å². The van der Waals surface area contributed by atoms with Gasteiger partial charge in [0, 0.05) is 18.8 Å². The fourth-order valence-corrected chi connectivity index (χ4v) is 2.83. The van der Waals surface area contributed by atoms with Gasteiger partial charge in [-0.3, -0.25) is 14.4 Å². The van der Waals surface area contributed by atoms with Crippen molar-refractivity contribution in [1.82, 2.24) is 14.8 Å². The summed E-state index contributed by atoms with van der Waals surface area (Å²) in [6.07, 6.45) is 4.32. The lowest BCUT2D eigenvalue weighted by atomic mass is 10.1. The number of anilines is 1. The molecule has 6 heteroatoms. The zero-order valence-corrected chi connectivity index (χ0v) is 13.5. The van der Waals surface area contributed by atoms with Crippen LogP contribution in [-0.4, -0.2) is 27.2 Å². The smallest absolute Gasteiger partial charge is 0.279 e. The van der Waals surface area contributed by atoms with E-state index in [1.165, 1.54) is 12.1 Å². The molecule has 0 fully saturated rings. The van der Waals surface area contributed by atoms with Crippen LogP contribution in [0.3, 0.4) is 0 Å². The molecule has 0 unspecified atom stereocenters. The van der Waals surface area contributed by atoms with Crippen LogP contribution in [-0.2, 0) is 13.0 Å². The van der Waals surface area contributed by atoms with Gasteiger partial charge in [-0.15, -0.1) is 0 Å². The van der Waals surface area contributed by atoms with Gasteiger partial charge in [0.25, 0.3) is 5.91 Å². The Kier molecular flexibility index (Phi) is 4.41. The van der Waals surface area contributed by atoms with Crippen molar-refractivity contribution in [1.29, 1.82) is 0 Å². The highest BCUT2D eigenvalue weighted by molar-refractivity contribution is 6.04. The first-order chi connectivity index (χ1) is 11.0. The van der Waals surface area contributed by atoms with Crippen molar-refractivity contribution in [3.63, 3.8) is 0 Å². The number of carbonyl (C=O) groups is 1. The molecule has 0 spiro atoms. The van der Waals surface area contributed by atoms with Crippen LogP contribution >= 0.6 is 0 Å². The predicted octanol–water partition coefficient (Wildman–Crippen LogP) is 3.06. The maximum atomic E-state index is 13.1. The van der Waals surface area contributed by atoms with E-state index in [1.807, 2.05) is 24.6 Å².